The highest BCUT2D eigenvalue weighted by Gasteiger charge is 2.38. The van der Waals surface area contributed by atoms with Crippen molar-refractivity contribution in [3.05, 3.63) is 28.6 Å². The minimum absolute atomic E-state index is 0.191. The Morgan fingerprint density at radius 1 is 1.17 bits per heavy atom. The van der Waals surface area contributed by atoms with Crippen LogP contribution in [0.15, 0.2) is 6.07 Å². The van der Waals surface area contributed by atoms with E-state index in [0.717, 1.165) is 0 Å². The van der Waals surface area contributed by atoms with Gasteiger partial charge in [0.05, 0.1) is 16.8 Å². The van der Waals surface area contributed by atoms with Crippen LogP contribution in [0.25, 0.3) is 0 Å². The Balaban J connectivity index is 2.20. The molecular weight excluding hydrogens is 398 g/mol. The van der Waals surface area contributed by atoms with E-state index in [9.17, 15) is 27.2 Å². The lowest BCUT2D eigenvalue weighted by atomic mass is 9.99. The van der Waals surface area contributed by atoms with Gasteiger partial charge in [-0.25, -0.2) is 14.0 Å². The average Bonchev–Trinajstić information content (AvgIpc) is 2.56. The standard InChI is InChI=1S/C18H23F4N3O4/c1-17(2,3)29-16(28)25-6-4-24(5-7-25)9-11-12(18(20,21)22)8-10(15(26)27)14(23)13(11)19/h8H,4-7,9,23H2,1-3H3,(H,26,27). The molecule has 0 aliphatic carbocycles. The first-order chi connectivity index (χ1) is 13.2. The topological polar surface area (TPSA) is 96.1 Å². The normalized spacial score (nSPS) is 16.0. The fourth-order valence-corrected chi connectivity index (χ4v) is 2.93. The molecule has 162 valence electrons. The number of aromatic carboxylic acids is 1. The number of piperazine rings is 1. The number of carboxylic acids is 1. The molecule has 1 fully saturated rings. The van der Waals surface area contributed by atoms with E-state index in [1.165, 1.54) is 9.80 Å². The van der Waals surface area contributed by atoms with E-state index in [2.05, 4.69) is 0 Å². The number of nitrogens with zero attached hydrogens (tertiary/aromatic N) is 2. The van der Waals surface area contributed by atoms with E-state index in [0.29, 0.717) is 6.07 Å². The van der Waals surface area contributed by atoms with Crippen LogP contribution in [0.3, 0.4) is 0 Å². The van der Waals surface area contributed by atoms with Gasteiger partial charge in [-0.3, -0.25) is 4.90 Å². The summed E-state index contributed by atoms with van der Waals surface area (Å²) in [6.45, 7) is 5.50. The van der Waals surface area contributed by atoms with Crippen molar-refractivity contribution in [3.63, 3.8) is 0 Å². The summed E-state index contributed by atoms with van der Waals surface area (Å²) >= 11 is 0. The molecule has 1 aromatic rings. The second-order valence-electron chi connectivity index (χ2n) is 7.72. The minimum Gasteiger partial charge on any atom is -0.478 e. The molecule has 3 N–H and O–H groups in total. The van der Waals surface area contributed by atoms with E-state index >= 15 is 0 Å². The van der Waals surface area contributed by atoms with Crippen LogP contribution in [0.4, 0.5) is 28.0 Å². The zero-order valence-electron chi connectivity index (χ0n) is 16.3. The Morgan fingerprint density at radius 2 is 1.72 bits per heavy atom. The number of nitrogens with two attached hydrogens (primary N) is 1. The second kappa shape index (κ2) is 8.05. The predicted molar refractivity (Wildman–Crippen MR) is 95.9 cm³/mol. The zero-order chi connectivity index (χ0) is 22.1. The number of rotatable bonds is 3. The van der Waals surface area contributed by atoms with Crippen molar-refractivity contribution >= 4 is 17.7 Å². The molecule has 0 aromatic heterocycles. The van der Waals surface area contributed by atoms with Gasteiger partial charge in [0.25, 0.3) is 0 Å². The van der Waals surface area contributed by atoms with E-state index in [-0.39, 0.29) is 26.2 Å². The quantitative estimate of drug-likeness (QED) is 0.575. The van der Waals surface area contributed by atoms with Crippen LogP contribution in [0.1, 0.15) is 42.3 Å². The van der Waals surface area contributed by atoms with Crippen molar-refractivity contribution in [1.82, 2.24) is 9.80 Å². The average molecular weight is 421 g/mol. The number of halogens is 4. The SMILES string of the molecule is CC(C)(C)OC(=O)N1CCN(Cc2c(C(F)(F)F)cc(C(=O)O)c(N)c2F)CC1. The number of anilines is 1. The van der Waals surface area contributed by atoms with Crippen LogP contribution in [-0.4, -0.2) is 58.7 Å². The number of ether oxygens (including phenoxy) is 1. The molecule has 29 heavy (non-hydrogen) atoms. The van der Waals surface area contributed by atoms with Crippen LogP contribution in [0.5, 0.6) is 0 Å². The molecule has 0 bridgehead atoms. The van der Waals surface area contributed by atoms with Crippen LogP contribution in [0, 0.1) is 5.82 Å². The van der Waals surface area contributed by atoms with Crippen LogP contribution >= 0.6 is 0 Å². The molecule has 1 aliphatic rings. The summed E-state index contributed by atoms with van der Waals surface area (Å²) < 4.78 is 60.0. The lowest BCUT2D eigenvalue weighted by Gasteiger charge is -2.36. The van der Waals surface area contributed by atoms with Gasteiger partial charge in [0, 0.05) is 38.3 Å². The number of alkyl halides is 3. The molecule has 2 rings (SSSR count). The molecule has 1 saturated heterocycles. The molecule has 0 radical (unpaired) electrons. The largest absolute Gasteiger partial charge is 0.478 e. The van der Waals surface area contributed by atoms with Gasteiger partial charge in [-0.15, -0.1) is 0 Å². The molecule has 7 nitrogen and oxygen atoms in total. The van der Waals surface area contributed by atoms with E-state index in [4.69, 9.17) is 15.6 Å². The summed E-state index contributed by atoms with van der Waals surface area (Å²) in [5.41, 5.74) is 0.861. The number of hydrogen-bond acceptors (Lipinski definition) is 5. The Bertz CT molecular complexity index is 798. The Hall–Kier alpha value is -2.56. The van der Waals surface area contributed by atoms with Gasteiger partial charge in [0.2, 0.25) is 0 Å². The van der Waals surface area contributed by atoms with E-state index in [1.807, 2.05) is 0 Å². The molecular formula is C18H23F4N3O4. The second-order valence-corrected chi connectivity index (χ2v) is 7.72. The number of carbonyl (C=O) groups is 2. The summed E-state index contributed by atoms with van der Waals surface area (Å²) in [5, 5.41) is 8.98. The molecule has 1 amide bonds. The number of benzene rings is 1. The van der Waals surface area contributed by atoms with Crippen molar-refractivity contribution in [2.45, 2.75) is 39.1 Å². The van der Waals surface area contributed by atoms with Gasteiger partial charge in [-0.2, -0.15) is 13.2 Å². The van der Waals surface area contributed by atoms with Crippen molar-refractivity contribution in [2.75, 3.05) is 31.9 Å². The first-order valence-corrected chi connectivity index (χ1v) is 8.82. The summed E-state index contributed by atoms with van der Waals surface area (Å²) in [4.78, 5) is 26.1. The number of amides is 1. The number of carboxylic acid groups (broad SMARTS) is 1. The molecule has 0 saturated carbocycles. The van der Waals surface area contributed by atoms with Crippen molar-refractivity contribution in [3.8, 4) is 0 Å². The molecule has 0 atom stereocenters. The first kappa shape index (κ1) is 22.7. The van der Waals surface area contributed by atoms with Gasteiger partial charge in [-0.05, 0) is 26.8 Å². The Morgan fingerprint density at radius 3 is 2.17 bits per heavy atom. The van der Waals surface area contributed by atoms with Crippen LogP contribution < -0.4 is 5.73 Å². The summed E-state index contributed by atoms with van der Waals surface area (Å²) in [5.74, 6) is -3.14. The lowest BCUT2D eigenvalue weighted by molar-refractivity contribution is -0.138. The Kier molecular flexibility index (Phi) is 6.31. The maximum atomic E-state index is 14.6. The number of nitrogen functional groups attached to an aromatic ring is 1. The third-order valence-corrected chi connectivity index (χ3v) is 4.35. The molecule has 11 heteroatoms. The third-order valence-electron chi connectivity index (χ3n) is 4.35. The maximum absolute atomic E-state index is 14.6. The number of hydrogen-bond donors (Lipinski definition) is 2. The highest BCUT2D eigenvalue weighted by atomic mass is 19.4. The summed E-state index contributed by atoms with van der Waals surface area (Å²) in [6, 6.07) is 0.354. The van der Waals surface area contributed by atoms with Crippen molar-refractivity contribution < 1.29 is 37.0 Å². The van der Waals surface area contributed by atoms with Crippen LogP contribution in [-0.2, 0) is 17.5 Å². The lowest BCUT2D eigenvalue weighted by Crippen LogP contribution is -2.49. The summed E-state index contributed by atoms with van der Waals surface area (Å²) in [6.07, 6.45) is -5.48. The van der Waals surface area contributed by atoms with Crippen LogP contribution in [0.2, 0.25) is 0 Å². The Labute approximate surface area is 165 Å². The van der Waals surface area contributed by atoms with E-state index in [1.54, 1.807) is 20.8 Å². The molecule has 1 aromatic carbocycles. The van der Waals surface area contributed by atoms with Gasteiger partial charge in [-0.1, -0.05) is 0 Å². The molecule has 1 aliphatic heterocycles. The van der Waals surface area contributed by atoms with E-state index < -0.39 is 58.6 Å². The maximum Gasteiger partial charge on any atom is 0.416 e. The highest BCUT2D eigenvalue weighted by molar-refractivity contribution is 5.94. The first-order valence-electron chi connectivity index (χ1n) is 8.82. The number of carbonyl (C=O) groups excluding carboxylic acids is 1. The predicted octanol–water partition coefficient (Wildman–Crippen LogP) is 3.18. The fourth-order valence-electron chi connectivity index (χ4n) is 2.93. The van der Waals surface area contributed by atoms with Gasteiger partial charge in [0.1, 0.15) is 5.60 Å². The van der Waals surface area contributed by atoms with Gasteiger partial charge in [0.15, 0.2) is 5.82 Å². The molecule has 0 unspecified atom stereocenters. The summed E-state index contributed by atoms with van der Waals surface area (Å²) in [7, 11) is 0. The van der Waals surface area contributed by atoms with Gasteiger partial charge >= 0.3 is 18.2 Å². The fraction of sp³-hybridized carbons (Fsp3) is 0.556. The molecule has 0 spiro atoms. The van der Waals surface area contributed by atoms with Gasteiger partial charge < -0.3 is 20.5 Å². The molecule has 1 heterocycles. The minimum atomic E-state index is -4.95. The van der Waals surface area contributed by atoms with Crippen molar-refractivity contribution in [1.29, 1.82) is 0 Å². The monoisotopic (exact) mass is 421 g/mol. The van der Waals surface area contributed by atoms with Crippen molar-refractivity contribution in [2.24, 2.45) is 0 Å². The zero-order valence-corrected chi connectivity index (χ0v) is 16.3. The highest BCUT2D eigenvalue weighted by Crippen LogP contribution is 2.37. The smallest absolute Gasteiger partial charge is 0.416 e. The third kappa shape index (κ3) is 5.49.